The third-order valence-corrected chi connectivity index (χ3v) is 16.2. The average Bonchev–Trinajstić information content (AvgIpc) is 3.43. The fourth-order valence-electron chi connectivity index (χ4n) is 11.7. The highest BCUT2D eigenvalue weighted by Gasteiger charge is 2.45. The molecular weight excluding hydrogens is 918 g/mol. The van der Waals surface area contributed by atoms with Crippen LogP contribution in [-0.4, -0.2) is 6.71 Å². The van der Waals surface area contributed by atoms with Gasteiger partial charge in [-0.3, -0.25) is 0 Å². The van der Waals surface area contributed by atoms with Crippen molar-refractivity contribution in [2.45, 2.75) is 131 Å². The van der Waals surface area contributed by atoms with Gasteiger partial charge >= 0.3 is 0 Å². The first kappa shape index (κ1) is 50.8. The van der Waals surface area contributed by atoms with Crippen molar-refractivity contribution in [1.82, 2.24) is 0 Å². The van der Waals surface area contributed by atoms with Crippen LogP contribution in [0.25, 0.3) is 21.9 Å². The van der Waals surface area contributed by atoms with E-state index in [4.69, 9.17) is 0 Å². The molecule has 9 aromatic carbocycles. The number of rotatable bonds is 6. The first-order valence-electron chi connectivity index (χ1n) is 27.6. The molecule has 2 aliphatic rings. The molecule has 0 amide bonds. The standard InChI is InChI=1S/C72H76BN3/c1-68(2,3)49-29-27-48(28-30-49)58-24-18-19-25-61(58)76(62-26-20-22-47-21-16-17-23-57(47)62)56-45-65-67-66(46-56)75(55-39-33-51(34-40-55)70(7,8)9)64-42-36-53(72(13,14)15)44-60(64)73(67)59-43-52(71(10,11)12)35-41-63(59)74(65)54-37-31-50(32-38-54)69(4,5)6/h16-46H,1-15H3. The lowest BCUT2D eigenvalue weighted by atomic mass is 9.33. The Balaban J connectivity index is 1.29. The van der Waals surface area contributed by atoms with Crippen LogP contribution in [0.5, 0.6) is 0 Å². The minimum absolute atomic E-state index is 0.00104. The van der Waals surface area contributed by atoms with Gasteiger partial charge in [-0.05, 0) is 143 Å². The van der Waals surface area contributed by atoms with E-state index in [2.05, 4.69) is 307 Å². The van der Waals surface area contributed by atoms with Crippen LogP contribution < -0.4 is 31.1 Å². The van der Waals surface area contributed by atoms with Crippen molar-refractivity contribution in [2.24, 2.45) is 0 Å². The highest BCUT2D eigenvalue weighted by atomic mass is 15.2. The predicted octanol–water partition coefficient (Wildman–Crippen LogP) is 18.5. The Morgan fingerprint density at radius 1 is 0.342 bits per heavy atom. The maximum Gasteiger partial charge on any atom is 0.252 e. The van der Waals surface area contributed by atoms with Gasteiger partial charge in [-0.15, -0.1) is 0 Å². The molecule has 0 radical (unpaired) electrons. The normalized spacial score (nSPS) is 13.6. The van der Waals surface area contributed by atoms with E-state index in [9.17, 15) is 0 Å². The summed E-state index contributed by atoms with van der Waals surface area (Å²) in [6, 6.07) is 72.5. The van der Waals surface area contributed by atoms with Crippen LogP contribution in [0.3, 0.4) is 0 Å². The smallest absolute Gasteiger partial charge is 0.252 e. The Morgan fingerprint density at radius 2 is 0.737 bits per heavy atom. The average molecular weight is 994 g/mol. The van der Waals surface area contributed by atoms with Crippen LogP contribution in [0.4, 0.5) is 51.2 Å². The van der Waals surface area contributed by atoms with E-state index in [1.54, 1.807) is 0 Å². The number of hydrogen-bond acceptors (Lipinski definition) is 3. The Kier molecular flexibility index (Phi) is 12.2. The highest BCUT2D eigenvalue weighted by Crippen LogP contribution is 2.51. The molecule has 0 saturated carbocycles. The number of nitrogens with zero attached hydrogens (tertiary/aromatic N) is 3. The number of para-hydroxylation sites is 1. The molecule has 0 bridgehead atoms. The molecule has 2 heterocycles. The van der Waals surface area contributed by atoms with Gasteiger partial charge < -0.3 is 14.7 Å². The quantitative estimate of drug-likeness (QED) is 0.154. The summed E-state index contributed by atoms with van der Waals surface area (Å²) in [5, 5.41) is 2.39. The molecule has 0 aliphatic carbocycles. The largest absolute Gasteiger partial charge is 0.311 e. The molecule has 0 unspecified atom stereocenters. The fourth-order valence-corrected chi connectivity index (χ4v) is 11.7. The summed E-state index contributed by atoms with van der Waals surface area (Å²) < 4.78 is 0. The van der Waals surface area contributed by atoms with Crippen LogP contribution in [0.15, 0.2) is 188 Å². The Bertz CT molecular complexity index is 3510. The van der Waals surface area contributed by atoms with Crippen molar-refractivity contribution in [3.8, 4) is 11.1 Å². The first-order chi connectivity index (χ1) is 35.9. The van der Waals surface area contributed by atoms with Gasteiger partial charge in [0.1, 0.15) is 0 Å². The van der Waals surface area contributed by atoms with E-state index >= 15 is 0 Å². The van der Waals surface area contributed by atoms with Crippen molar-refractivity contribution < 1.29 is 0 Å². The summed E-state index contributed by atoms with van der Waals surface area (Å²) in [7, 11) is 0. The van der Waals surface area contributed by atoms with Gasteiger partial charge in [-0.25, -0.2) is 0 Å². The van der Waals surface area contributed by atoms with Gasteiger partial charge in [-0.2, -0.15) is 0 Å². The second-order valence-electron chi connectivity index (χ2n) is 26.8. The van der Waals surface area contributed by atoms with Gasteiger partial charge in [0.05, 0.1) is 17.1 Å². The Hall–Kier alpha value is -7.30. The molecular formula is C72H76BN3. The monoisotopic (exact) mass is 994 g/mol. The summed E-state index contributed by atoms with van der Waals surface area (Å²) in [6.07, 6.45) is 0. The molecule has 382 valence electrons. The molecule has 3 nitrogen and oxygen atoms in total. The summed E-state index contributed by atoms with van der Waals surface area (Å²) in [4.78, 5) is 7.73. The number of anilines is 9. The molecule has 11 rings (SSSR count). The molecule has 76 heavy (non-hydrogen) atoms. The maximum absolute atomic E-state index is 2.59. The lowest BCUT2D eigenvalue weighted by Crippen LogP contribution is -2.61. The molecule has 2 aliphatic heterocycles. The summed E-state index contributed by atoms with van der Waals surface area (Å²) in [5.41, 5.74) is 23.2. The summed E-state index contributed by atoms with van der Waals surface area (Å²) in [5.74, 6) is 0. The van der Waals surface area contributed by atoms with E-state index in [0.29, 0.717) is 0 Å². The topological polar surface area (TPSA) is 9.72 Å². The Labute approximate surface area is 455 Å². The zero-order valence-corrected chi connectivity index (χ0v) is 47.8. The maximum atomic E-state index is 2.59. The van der Waals surface area contributed by atoms with Gasteiger partial charge in [0.2, 0.25) is 0 Å². The molecule has 9 aromatic rings. The third kappa shape index (κ3) is 9.02. The number of hydrogen-bond donors (Lipinski definition) is 0. The fraction of sp³-hybridized carbons (Fsp3) is 0.278. The van der Waals surface area contributed by atoms with E-state index in [1.807, 2.05) is 0 Å². The first-order valence-corrected chi connectivity index (χ1v) is 27.6. The van der Waals surface area contributed by atoms with Crippen molar-refractivity contribution in [2.75, 3.05) is 14.7 Å². The second-order valence-corrected chi connectivity index (χ2v) is 26.8. The predicted molar refractivity (Wildman–Crippen MR) is 332 cm³/mol. The Morgan fingerprint density at radius 3 is 1.21 bits per heavy atom. The van der Waals surface area contributed by atoms with Crippen molar-refractivity contribution in [3.63, 3.8) is 0 Å². The van der Waals surface area contributed by atoms with Gasteiger partial charge in [0.15, 0.2) is 0 Å². The van der Waals surface area contributed by atoms with Crippen LogP contribution in [0.2, 0.25) is 0 Å². The lowest BCUT2D eigenvalue weighted by molar-refractivity contribution is 0.590. The number of fused-ring (bicyclic) bond motifs is 5. The van der Waals surface area contributed by atoms with Crippen molar-refractivity contribution in [3.05, 3.63) is 216 Å². The van der Waals surface area contributed by atoms with E-state index in [-0.39, 0.29) is 33.8 Å². The summed E-state index contributed by atoms with van der Waals surface area (Å²) in [6.45, 7) is 34.7. The second kappa shape index (κ2) is 18.2. The minimum Gasteiger partial charge on any atom is -0.311 e. The van der Waals surface area contributed by atoms with Crippen molar-refractivity contribution >= 4 is 85.1 Å². The van der Waals surface area contributed by atoms with Gasteiger partial charge in [0, 0.05) is 45.1 Å². The van der Waals surface area contributed by atoms with Crippen LogP contribution in [0.1, 0.15) is 132 Å². The van der Waals surface area contributed by atoms with Gasteiger partial charge in [0.25, 0.3) is 6.71 Å². The molecule has 0 saturated heterocycles. The zero-order valence-electron chi connectivity index (χ0n) is 47.8. The van der Waals surface area contributed by atoms with Crippen LogP contribution in [0, 0.1) is 0 Å². The molecule has 0 N–H and O–H groups in total. The van der Waals surface area contributed by atoms with E-state index in [1.165, 1.54) is 88.9 Å². The molecule has 0 aromatic heterocycles. The molecule has 0 spiro atoms. The van der Waals surface area contributed by atoms with Crippen LogP contribution in [-0.2, 0) is 27.1 Å². The van der Waals surface area contributed by atoms with Crippen molar-refractivity contribution in [1.29, 1.82) is 0 Å². The molecule has 0 atom stereocenters. The van der Waals surface area contributed by atoms with E-state index in [0.717, 1.165) is 28.4 Å². The molecule has 4 heteroatoms. The van der Waals surface area contributed by atoms with Crippen LogP contribution >= 0.6 is 0 Å². The van der Waals surface area contributed by atoms with Gasteiger partial charge in [-0.1, -0.05) is 231 Å². The summed E-state index contributed by atoms with van der Waals surface area (Å²) >= 11 is 0. The highest BCUT2D eigenvalue weighted by molar-refractivity contribution is 7.00. The third-order valence-electron chi connectivity index (χ3n) is 16.2. The number of benzene rings is 9. The lowest BCUT2D eigenvalue weighted by Gasteiger charge is -2.45. The molecule has 0 fully saturated rings. The SMILES string of the molecule is CC(C)(C)c1ccc(-c2ccccc2N(c2cc3c4c(c2)N(c2ccc(C(C)(C)C)cc2)c2ccc(C(C)(C)C)cc2B4c2cc(C(C)(C)C)ccc2N3c2ccc(C(C)(C)C)cc2)c2cccc3ccccc23)cc1. The zero-order chi connectivity index (χ0) is 53.9. The van der Waals surface area contributed by atoms with E-state index < -0.39 is 0 Å². The minimum atomic E-state index is -0.0633.